The standard InChI is InChI=1S/C21H40O5/c1-3-5-7-9-11-12-15-19(22)21(24)26-18-14-17-25-20(23)16-13-10-8-6-4-2/h19,22H,3-18H2,1-2H3. The molecule has 0 aliphatic carbocycles. The second-order valence-corrected chi connectivity index (χ2v) is 6.98. The monoisotopic (exact) mass is 372 g/mol. The van der Waals surface area contributed by atoms with E-state index in [1.165, 1.54) is 38.5 Å². The van der Waals surface area contributed by atoms with Crippen molar-refractivity contribution in [2.75, 3.05) is 13.2 Å². The summed E-state index contributed by atoms with van der Waals surface area (Å²) < 4.78 is 10.1. The van der Waals surface area contributed by atoms with Crippen LogP contribution in [0.1, 0.15) is 104 Å². The van der Waals surface area contributed by atoms with E-state index < -0.39 is 12.1 Å². The van der Waals surface area contributed by atoms with Crippen molar-refractivity contribution in [1.29, 1.82) is 0 Å². The van der Waals surface area contributed by atoms with Gasteiger partial charge in [-0.1, -0.05) is 78.1 Å². The Kier molecular flexibility index (Phi) is 17.9. The zero-order valence-electron chi connectivity index (χ0n) is 17.0. The summed E-state index contributed by atoms with van der Waals surface area (Å²) in [4.78, 5) is 23.2. The van der Waals surface area contributed by atoms with Crippen LogP contribution in [0.2, 0.25) is 0 Å². The number of hydrogen-bond donors (Lipinski definition) is 1. The van der Waals surface area contributed by atoms with E-state index in [2.05, 4.69) is 13.8 Å². The second-order valence-electron chi connectivity index (χ2n) is 6.98. The Labute approximate surface area is 159 Å². The molecule has 1 atom stereocenters. The molecule has 0 aliphatic rings. The Morgan fingerprint density at radius 1 is 0.731 bits per heavy atom. The van der Waals surface area contributed by atoms with Crippen LogP contribution in [0.15, 0.2) is 0 Å². The summed E-state index contributed by atoms with van der Waals surface area (Å²) in [7, 11) is 0. The number of ether oxygens (including phenoxy) is 2. The third-order valence-corrected chi connectivity index (χ3v) is 4.38. The van der Waals surface area contributed by atoms with Crippen LogP contribution in [-0.2, 0) is 19.1 Å². The fraction of sp³-hybridized carbons (Fsp3) is 0.905. The highest BCUT2D eigenvalue weighted by atomic mass is 16.6. The average molecular weight is 373 g/mol. The molecular weight excluding hydrogens is 332 g/mol. The molecule has 0 aromatic carbocycles. The summed E-state index contributed by atoms with van der Waals surface area (Å²) >= 11 is 0. The largest absolute Gasteiger partial charge is 0.466 e. The van der Waals surface area contributed by atoms with E-state index >= 15 is 0 Å². The maximum absolute atomic E-state index is 11.7. The van der Waals surface area contributed by atoms with Gasteiger partial charge in [0, 0.05) is 12.8 Å². The molecule has 0 heterocycles. The van der Waals surface area contributed by atoms with E-state index in [1.807, 2.05) is 0 Å². The second kappa shape index (κ2) is 18.7. The zero-order chi connectivity index (χ0) is 19.5. The number of aliphatic hydroxyl groups excluding tert-OH is 1. The van der Waals surface area contributed by atoms with Crippen LogP contribution in [0.3, 0.4) is 0 Å². The molecule has 0 spiro atoms. The molecular formula is C21H40O5. The summed E-state index contributed by atoms with van der Waals surface area (Å²) in [5, 5.41) is 9.76. The van der Waals surface area contributed by atoms with Crippen LogP contribution < -0.4 is 0 Å². The van der Waals surface area contributed by atoms with Crippen molar-refractivity contribution in [3.8, 4) is 0 Å². The van der Waals surface area contributed by atoms with Crippen molar-refractivity contribution < 1.29 is 24.2 Å². The molecule has 5 heteroatoms. The van der Waals surface area contributed by atoms with Crippen LogP contribution >= 0.6 is 0 Å². The van der Waals surface area contributed by atoms with Gasteiger partial charge < -0.3 is 14.6 Å². The van der Waals surface area contributed by atoms with Crippen molar-refractivity contribution in [2.45, 2.75) is 110 Å². The van der Waals surface area contributed by atoms with Gasteiger partial charge in [-0.2, -0.15) is 0 Å². The predicted octanol–water partition coefficient (Wildman–Crippen LogP) is 4.93. The number of unbranched alkanes of at least 4 members (excludes halogenated alkanes) is 9. The Morgan fingerprint density at radius 3 is 1.92 bits per heavy atom. The molecule has 0 radical (unpaired) electrons. The number of hydrogen-bond acceptors (Lipinski definition) is 5. The average Bonchev–Trinajstić information content (AvgIpc) is 2.63. The predicted molar refractivity (Wildman–Crippen MR) is 104 cm³/mol. The summed E-state index contributed by atoms with van der Waals surface area (Å²) in [6.45, 7) is 4.77. The molecule has 154 valence electrons. The zero-order valence-corrected chi connectivity index (χ0v) is 17.0. The molecule has 5 nitrogen and oxygen atoms in total. The minimum absolute atomic E-state index is 0.177. The van der Waals surface area contributed by atoms with E-state index in [9.17, 15) is 14.7 Å². The molecule has 1 N–H and O–H groups in total. The van der Waals surface area contributed by atoms with E-state index in [4.69, 9.17) is 9.47 Å². The fourth-order valence-electron chi connectivity index (χ4n) is 2.69. The molecule has 0 bridgehead atoms. The third kappa shape index (κ3) is 16.4. The molecule has 0 fully saturated rings. The van der Waals surface area contributed by atoms with E-state index in [0.29, 0.717) is 19.3 Å². The Morgan fingerprint density at radius 2 is 1.27 bits per heavy atom. The first-order chi connectivity index (χ1) is 12.6. The van der Waals surface area contributed by atoms with Gasteiger partial charge in [0.25, 0.3) is 0 Å². The van der Waals surface area contributed by atoms with E-state index in [-0.39, 0.29) is 19.2 Å². The maximum atomic E-state index is 11.7. The van der Waals surface area contributed by atoms with Gasteiger partial charge in [-0.3, -0.25) is 4.79 Å². The first kappa shape index (κ1) is 24.9. The molecule has 0 saturated heterocycles. The van der Waals surface area contributed by atoms with Crippen molar-refractivity contribution in [2.24, 2.45) is 0 Å². The molecule has 26 heavy (non-hydrogen) atoms. The Bertz CT molecular complexity index is 343. The van der Waals surface area contributed by atoms with Gasteiger partial charge in [-0.15, -0.1) is 0 Å². The molecule has 0 saturated carbocycles. The number of rotatable bonds is 18. The molecule has 1 unspecified atom stereocenters. The highest BCUT2D eigenvalue weighted by Crippen LogP contribution is 2.09. The van der Waals surface area contributed by atoms with Crippen molar-refractivity contribution in [3.05, 3.63) is 0 Å². The highest BCUT2D eigenvalue weighted by molar-refractivity contribution is 5.74. The Hall–Kier alpha value is -1.10. The van der Waals surface area contributed by atoms with Crippen LogP contribution in [0, 0.1) is 0 Å². The molecule has 0 aliphatic heterocycles. The van der Waals surface area contributed by atoms with Crippen molar-refractivity contribution in [1.82, 2.24) is 0 Å². The van der Waals surface area contributed by atoms with E-state index in [0.717, 1.165) is 32.1 Å². The Balaban J connectivity index is 3.47. The lowest BCUT2D eigenvalue weighted by atomic mass is 10.1. The topological polar surface area (TPSA) is 72.8 Å². The van der Waals surface area contributed by atoms with Crippen LogP contribution in [-0.4, -0.2) is 36.4 Å². The number of esters is 2. The van der Waals surface area contributed by atoms with Crippen molar-refractivity contribution in [3.63, 3.8) is 0 Å². The molecule has 0 rings (SSSR count). The van der Waals surface area contributed by atoms with Crippen LogP contribution in [0.25, 0.3) is 0 Å². The minimum Gasteiger partial charge on any atom is -0.466 e. The first-order valence-electron chi connectivity index (χ1n) is 10.6. The summed E-state index contributed by atoms with van der Waals surface area (Å²) in [6.07, 6.45) is 12.6. The lowest BCUT2D eigenvalue weighted by molar-refractivity contribution is -0.154. The van der Waals surface area contributed by atoms with Gasteiger partial charge in [0.2, 0.25) is 0 Å². The summed E-state index contributed by atoms with van der Waals surface area (Å²) in [5.74, 6) is -0.753. The fourth-order valence-corrected chi connectivity index (χ4v) is 2.69. The van der Waals surface area contributed by atoms with Crippen LogP contribution in [0.5, 0.6) is 0 Å². The van der Waals surface area contributed by atoms with Gasteiger partial charge in [-0.05, 0) is 12.8 Å². The molecule has 0 aromatic heterocycles. The molecule has 0 amide bonds. The maximum Gasteiger partial charge on any atom is 0.334 e. The normalized spacial score (nSPS) is 12.0. The SMILES string of the molecule is CCCCCCCCC(O)C(=O)OCCCOC(=O)CCCCCCC. The van der Waals surface area contributed by atoms with Gasteiger partial charge in [0.1, 0.15) is 0 Å². The lowest BCUT2D eigenvalue weighted by Gasteiger charge is -2.11. The van der Waals surface area contributed by atoms with Gasteiger partial charge in [0.05, 0.1) is 13.2 Å². The minimum atomic E-state index is -1.04. The lowest BCUT2D eigenvalue weighted by Crippen LogP contribution is -2.23. The smallest absolute Gasteiger partial charge is 0.334 e. The van der Waals surface area contributed by atoms with Crippen LogP contribution in [0.4, 0.5) is 0 Å². The number of carbonyl (C=O) groups is 2. The van der Waals surface area contributed by atoms with Gasteiger partial charge in [-0.25, -0.2) is 4.79 Å². The first-order valence-corrected chi connectivity index (χ1v) is 10.6. The molecule has 0 aromatic rings. The van der Waals surface area contributed by atoms with Gasteiger partial charge in [0.15, 0.2) is 6.10 Å². The van der Waals surface area contributed by atoms with Gasteiger partial charge >= 0.3 is 11.9 Å². The third-order valence-electron chi connectivity index (χ3n) is 4.38. The number of aliphatic hydroxyl groups is 1. The quantitative estimate of drug-likeness (QED) is 0.273. The summed E-state index contributed by atoms with van der Waals surface area (Å²) in [6, 6.07) is 0. The highest BCUT2D eigenvalue weighted by Gasteiger charge is 2.15. The summed E-state index contributed by atoms with van der Waals surface area (Å²) in [5.41, 5.74) is 0. The number of carbonyl (C=O) groups excluding carboxylic acids is 2. The van der Waals surface area contributed by atoms with E-state index in [1.54, 1.807) is 0 Å². The van der Waals surface area contributed by atoms with Crippen molar-refractivity contribution >= 4 is 11.9 Å².